The van der Waals surface area contributed by atoms with E-state index in [1.54, 1.807) is 6.20 Å². The summed E-state index contributed by atoms with van der Waals surface area (Å²) in [5.41, 5.74) is 2.77. The predicted molar refractivity (Wildman–Crippen MR) is 62.4 cm³/mol. The lowest BCUT2D eigenvalue weighted by Crippen LogP contribution is -2.38. The Balaban J connectivity index is 2.47. The lowest BCUT2D eigenvalue weighted by atomic mass is 10.0. The molecule has 1 aliphatic rings. The van der Waals surface area contributed by atoms with Crippen LogP contribution in [0.4, 0.5) is 4.39 Å². The fraction of sp³-hybridized carbons (Fsp3) is 0.545. The second-order valence-corrected chi connectivity index (χ2v) is 5.15. The van der Waals surface area contributed by atoms with E-state index in [2.05, 4.69) is 27.2 Å². The molecule has 82 valence electrons. The number of hydrogen-bond acceptors (Lipinski definition) is 2. The predicted octanol–water partition coefficient (Wildman–Crippen LogP) is 2.09. The summed E-state index contributed by atoms with van der Waals surface area (Å²) in [4.78, 5) is 6.24. The lowest BCUT2D eigenvalue weighted by Gasteiger charge is -2.33. The van der Waals surface area contributed by atoms with Crippen molar-refractivity contribution < 1.29 is 4.39 Å². The van der Waals surface area contributed by atoms with Crippen LogP contribution < -0.4 is 0 Å². The molecule has 0 radical (unpaired) electrons. The van der Waals surface area contributed by atoms with Gasteiger partial charge < -0.3 is 0 Å². The van der Waals surface area contributed by atoms with Crippen LogP contribution in [0.3, 0.4) is 0 Å². The van der Waals surface area contributed by atoms with Crippen LogP contribution in [0.2, 0.25) is 0 Å². The molecule has 0 bridgehead atoms. The van der Waals surface area contributed by atoms with Crippen molar-refractivity contribution >= 4 is 9.24 Å². The van der Waals surface area contributed by atoms with E-state index < -0.39 is 5.41 Å². The standard InChI is InChI=1S/C11H16FN2P/c1-3-8-4-9-6-14(2)7-11(12,15)10(9)13-5-8/h4-5H,3,6-7,15H2,1-2H3. The van der Waals surface area contributed by atoms with E-state index in [-0.39, 0.29) is 0 Å². The van der Waals surface area contributed by atoms with Crippen molar-refractivity contribution in [2.24, 2.45) is 0 Å². The first-order chi connectivity index (χ1) is 7.03. The Morgan fingerprint density at radius 2 is 2.40 bits per heavy atom. The summed E-state index contributed by atoms with van der Waals surface area (Å²) >= 11 is 0. The number of nitrogens with zero attached hydrogens (tertiary/aromatic N) is 2. The first kappa shape index (κ1) is 11.0. The Morgan fingerprint density at radius 3 is 3.07 bits per heavy atom. The van der Waals surface area contributed by atoms with E-state index in [0.29, 0.717) is 12.2 Å². The van der Waals surface area contributed by atoms with Gasteiger partial charge in [0.2, 0.25) is 0 Å². The lowest BCUT2D eigenvalue weighted by molar-refractivity contribution is 0.160. The highest BCUT2D eigenvalue weighted by atomic mass is 31.0. The molecule has 0 saturated carbocycles. The van der Waals surface area contributed by atoms with E-state index in [0.717, 1.165) is 18.5 Å². The molecule has 0 aliphatic carbocycles. The van der Waals surface area contributed by atoms with Crippen LogP contribution in [0.15, 0.2) is 12.3 Å². The van der Waals surface area contributed by atoms with Crippen LogP contribution >= 0.6 is 9.24 Å². The van der Waals surface area contributed by atoms with E-state index >= 15 is 0 Å². The third-order valence-electron chi connectivity index (χ3n) is 2.77. The number of fused-ring (bicyclic) bond motifs is 1. The van der Waals surface area contributed by atoms with Crippen LogP contribution in [0, 0.1) is 0 Å². The maximum absolute atomic E-state index is 14.2. The molecular weight excluding hydrogens is 210 g/mol. The van der Waals surface area contributed by atoms with Gasteiger partial charge in [-0.15, -0.1) is 0 Å². The summed E-state index contributed by atoms with van der Waals surface area (Å²) in [7, 11) is 4.21. The number of halogens is 1. The Kier molecular flexibility index (Phi) is 2.78. The monoisotopic (exact) mass is 226 g/mol. The topological polar surface area (TPSA) is 16.1 Å². The van der Waals surface area contributed by atoms with Crippen molar-refractivity contribution in [3.63, 3.8) is 0 Å². The molecule has 1 aromatic rings. The molecule has 2 heterocycles. The SMILES string of the molecule is CCc1cnc2c(c1)CN(C)CC2(F)P. The van der Waals surface area contributed by atoms with Gasteiger partial charge in [-0.1, -0.05) is 22.2 Å². The zero-order chi connectivity index (χ0) is 11.1. The van der Waals surface area contributed by atoms with Gasteiger partial charge in [-0.05, 0) is 24.6 Å². The minimum Gasteiger partial charge on any atom is -0.298 e. The van der Waals surface area contributed by atoms with Gasteiger partial charge in [0, 0.05) is 19.3 Å². The Labute approximate surface area is 92.1 Å². The Morgan fingerprint density at radius 1 is 1.67 bits per heavy atom. The minimum absolute atomic E-state index is 0.392. The molecule has 2 nitrogen and oxygen atoms in total. The molecule has 1 aromatic heterocycles. The van der Waals surface area contributed by atoms with E-state index in [9.17, 15) is 4.39 Å². The second-order valence-electron chi connectivity index (χ2n) is 4.24. The van der Waals surface area contributed by atoms with Gasteiger partial charge in [0.25, 0.3) is 0 Å². The van der Waals surface area contributed by atoms with Crippen LogP contribution in [0.5, 0.6) is 0 Å². The highest BCUT2D eigenvalue weighted by Gasteiger charge is 2.36. The minimum atomic E-state index is -1.39. The highest BCUT2D eigenvalue weighted by Crippen LogP contribution is 2.38. The molecule has 15 heavy (non-hydrogen) atoms. The fourth-order valence-corrected chi connectivity index (χ4v) is 2.63. The van der Waals surface area contributed by atoms with Crippen molar-refractivity contribution in [2.45, 2.75) is 25.3 Å². The number of pyridine rings is 1. The summed E-state index contributed by atoms with van der Waals surface area (Å²) in [5.74, 6) is 0. The molecule has 0 amide bonds. The summed E-state index contributed by atoms with van der Waals surface area (Å²) in [5, 5.41) is -1.39. The summed E-state index contributed by atoms with van der Waals surface area (Å²) in [6, 6.07) is 2.07. The second kappa shape index (κ2) is 3.80. The first-order valence-corrected chi connectivity index (χ1v) is 5.75. The van der Waals surface area contributed by atoms with Crippen molar-refractivity contribution in [1.82, 2.24) is 9.88 Å². The first-order valence-electron chi connectivity index (χ1n) is 5.17. The van der Waals surface area contributed by atoms with Gasteiger partial charge in [-0.3, -0.25) is 9.88 Å². The van der Waals surface area contributed by atoms with E-state index in [4.69, 9.17) is 0 Å². The van der Waals surface area contributed by atoms with E-state index in [1.807, 2.05) is 11.9 Å². The molecule has 0 saturated heterocycles. The third-order valence-corrected chi connectivity index (χ3v) is 3.22. The normalized spacial score (nSPS) is 26.4. The molecule has 1 aliphatic heterocycles. The Hall–Kier alpha value is -0.530. The number of hydrogen-bond donors (Lipinski definition) is 0. The smallest absolute Gasteiger partial charge is 0.177 e. The highest BCUT2D eigenvalue weighted by molar-refractivity contribution is 7.18. The molecule has 2 rings (SSSR count). The average molecular weight is 226 g/mol. The van der Waals surface area contributed by atoms with Crippen LogP contribution in [0.1, 0.15) is 23.7 Å². The summed E-state index contributed by atoms with van der Waals surface area (Å²) in [6.45, 7) is 3.26. The number of aryl methyl sites for hydroxylation is 1. The fourth-order valence-electron chi connectivity index (χ4n) is 2.06. The van der Waals surface area contributed by atoms with Gasteiger partial charge in [0.05, 0.1) is 5.69 Å². The zero-order valence-electron chi connectivity index (χ0n) is 9.13. The summed E-state index contributed by atoms with van der Waals surface area (Å²) < 4.78 is 14.2. The Bertz CT molecular complexity index is 379. The van der Waals surface area contributed by atoms with Gasteiger partial charge >= 0.3 is 0 Å². The number of likely N-dealkylation sites (N-methyl/N-ethyl adjacent to an activating group) is 1. The molecule has 4 heteroatoms. The van der Waals surface area contributed by atoms with Crippen LogP contribution in [-0.2, 0) is 18.4 Å². The van der Waals surface area contributed by atoms with Crippen LogP contribution in [0.25, 0.3) is 0 Å². The molecule has 0 spiro atoms. The molecule has 0 aromatic carbocycles. The molecule has 0 fully saturated rings. The van der Waals surface area contributed by atoms with Crippen molar-refractivity contribution in [3.05, 3.63) is 29.1 Å². The van der Waals surface area contributed by atoms with Crippen molar-refractivity contribution in [3.8, 4) is 0 Å². The van der Waals surface area contributed by atoms with Gasteiger partial charge in [0.1, 0.15) is 0 Å². The number of alkyl halides is 1. The quantitative estimate of drug-likeness (QED) is 0.682. The molecule has 2 unspecified atom stereocenters. The zero-order valence-corrected chi connectivity index (χ0v) is 10.3. The molecular formula is C11H16FN2P. The number of aromatic nitrogens is 1. The van der Waals surface area contributed by atoms with E-state index in [1.165, 1.54) is 5.56 Å². The maximum atomic E-state index is 14.2. The van der Waals surface area contributed by atoms with Gasteiger partial charge in [-0.2, -0.15) is 0 Å². The largest absolute Gasteiger partial charge is 0.298 e. The van der Waals surface area contributed by atoms with Gasteiger partial charge in [-0.25, -0.2) is 4.39 Å². The van der Waals surface area contributed by atoms with Gasteiger partial charge in [0.15, 0.2) is 5.41 Å². The number of rotatable bonds is 1. The van der Waals surface area contributed by atoms with Crippen molar-refractivity contribution in [1.29, 1.82) is 0 Å². The third kappa shape index (κ3) is 2.04. The maximum Gasteiger partial charge on any atom is 0.177 e. The molecule has 2 atom stereocenters. The van der Waals surface area contributed by atoms with Crippen LogP contribution in [-0.4, -0.2) is 23.5 Å². The summed E-state index contributed by atoms with van der Waals surface area (Å²) in [6.07, 6.45) is 2.72. The average Bonchev–Trinajstić information content (AvgIpc) is 2.15. The molecule has 0 N–H and O–H groups in total. The van der Waals surface area contributed by atoms with Crippen molar-refractivity contribution in [2.75, 3.05) is 13.6 Å².